The molecule has 0 unspecified atom stereocenters. The third-order valence-electron chi connectivity index (χ3n) is 4.76. The summed E-state index contributed by atoms with van der Waals surface area (Å²) in [6, 6.07) is 6.56. The molecule has 142 valence electrons. The van der Waals surface area contributed by atoms with E-state index in [4.69, 9.17) is 9.47 Å². The second kappa shape index (κ2) is 8.89. The van der Waals surface area contributed by atoms with Crippen molar-refractivity contribution < 1.29 is 19.1 Å². The first kappa shape index (κ1) is 18.5. The number of carbonyl (C=O) groups is 2. The Hall–Kier alpha value is -2.28. The average molecular weight is 361 g/mol. The Bertz CT molecular complexity index is 614. The molecule has 2 saturated heterocycles. The van der Waals surface area contributed by atoms with Gasteiger partial charge in [-0.05, 0) is 56.9 Å². The van der Waals surface area contributed by atoms with E-state index < -0.39 is 6.04 Å². The Labute approximate surface area is 154 Å². The molecular weight excluding hydrogens is 334 g/mol. The summed E-state index contributed by atoms with van der Waals surface area (Å²) in [5, 5.41) is 5.80. The first-order chi connectivity index (χ1) is 12.7. The third kappa shape index (κ3) is 4.66. The minimum Gasteiger partial charge on any atom is -0.494 e. The molecule has 0 aliphatic carbocycles. The number of hydrogen-bond donors (Lipinski definition) is 2. The first-order valence-corrected chi connectivity index (χ1v) is 9.37. The highest BCUT2D eigenvalue weighted by Crippen LogP contribution is 2.21. The molecule has 1 aromatic rings. The predicted octanol–water partition coefficient (Wildman–Crippen LogP) is 2.38. The van der Waals surface area contributed by atoms with Gasteiger partial charge in [0.05, 0.1) is 12.7 Å². The number of nitrogens with zero attached hydrogens (tertiary/aromatic N) is 1. The quantitative estimate of drug-likeness (QED) is 0.815. The van der Waals surface area contributed by atoms with Crippen molar-refractivity contribution in [2.45, 2.75) is 44.8 Å². The van der Waals surface area contributed by atoms with Crippen LogP contribution in [0.2, 0.25) is 0 Å². The Morgan fingerprint density at radius 2 is 2.04 bits per heavy atom. The number of ether oxygens (including phenoxy) is 2. The molecule has 7 nitrogen and oxygen atoms in total. The fraction of sp³-hybridized carbons (Fsp3) is 0.579. The normalized spacial score (nSPS) is 22.3. The lowest BCUT2D eigenvalue weighted by molar-refractivity contribution is -0.125. The van der Waals surface area contributed by atoms with Crippen LogP contribution in [0.25, 0.3) is 0 Å². The van der Waals surface area contributed by atoms with Gasteiger partial charge in [-0.3, -0.25) is 4.79 Å². The number of urea groups is 1. The van der Waals surface area contributed by atoms with Crippen molar-refractivity contribution in [3.8, 4) is 5.75 Å². The zero-order valence-electron chi connectivity index (χ0n) is 15.2. The van der Waals surface area contributed by atoms with Crippen LogP contribution in [0.15, 0.2) is 24.3 Å². The lowest BCUT2D eigenvalue weighted by atomic mass is 10.2. The minimum absolute atomic E-state index is 0.0974. The Morgan fingerprint density at radius 1 is 1.23 bits per heavy atom. The van der Waals surface area contributed by atoms with Crippen LogP contribution in [0.1, 0.15) is 32.6 Å². The van der Waals surface area contributed by atoms with Crippen molar-refractivity contribution in [3.05, 3.63) is 24.3 Å². The van der Waals surface area contributed by atoms with Crippen molar-refractivity contribution in [3.63, 3.8) is 0 Å². The van der Waals surface area contributed by atoms with E-state index in [0.717, 1.165) is 31.6 Å². The van der Waals surface area contributed by atoms with Crippen molar-refractivity contribution in [2.75, 3.05) is 31.6 Å². The van der Waals surface area contributed by atoms with E-state index in [1.807, 2.05) is 19.1 Å². The van der Waals surface area contributed by atoms with Gasteiger partial charge in [-0.15, -0.1) is 0 Å². The molecule has 2 heterocycles. The summed E-state index contributed by atoms with van der Waals surface area (Å²) < 4.78 is 10.9. The molecule has 0 bridgehead atoms. The van der Waals surface area contributed by atoms with E-state index in [9.17, 15) is 9.59 Å². The highest BCUT2D eigenvalue weighted by molar-refractivity contribution is 5.94. The van der Waals surface area contributed by atoms with Gasteiger partial charge in [0, 0.05) is 25.4 Å². The van der Waals surface area contributed by atoms with E-state index >= 15 is 0 Å². The van der Waals surface area contributed by atoms with Gasteiger partial charge in [-0.25, -0.2) is 4.79 Å². The minimum atomic E-state index is -0.417. The summed E-state index contributed by atoms with van der Waals surface area (Å²) >= 11 is 0. The lowest BCUT2D eigenvalue weighted by Gasteiger charge is -2.24. The lowest BCUT2D eigenvalue weighted by Crippen LogP contribution is -2.48. The van der Waals surface area contributed by atoms with E-state index in [1.54, 1.807) is 17.0 Å². The fourth-order valence-corrected chi connectivity index (χ4v) is 3.42. The van der Waals surface area contributed by atoms with Gasteiger partial charge < -0.3 is 25.0 Å². The summed E-state index contributed by atoms with van der Waals surface area (Å²) in [5.74, 6) is 0.665. The van der Waals surface area contributed by atoms with Crippen LogP contribution < -0.4 is 15.4 Å². The maximum absolute atomic E-state index is 12.6. The number of nitrogens with one attached hydrogen (secondary N) is 2. The molecule has 0 radical (unpaired) electrons. The van der Waals surface area contributed by atoms with Crippen molar-refractivity contribution in [1.82, 2.24) is 10.2 Å². The molecule has 3 amide bonds. The molecule has 0 aromatic heterocycles. The standard InChI is InChI=1S/C19H27N3O4/c1-2-25-15-9-7-14(8-10-15)21-19(24)22-11-3-6-17(22)18(23)20-13-16-5-4-12-26-16/h7-10,16-17H,2-6,11-13H2,1H3,(H,20,23)(H,21,24)/t16-,17-/m0/s1. The van der Waals surface area contributed by atoms with E-state index in [1.165, 1.54) is 0 Å². The monoisotopic (exact) mass is 361 g/mol. The molecule has 7 heteroatoms. The second-order valence-corrected chi connectivity index (χ2v) is 6.62. The Morgan fingerprint density at radius 3 is 2.73 bits per heavy atom. The third-order valence-corrected chi connectivity index (χ3v) is 4.76. The number of hydrogen-bond acceptors (Lipinski definition) is 4. The molecule has 2 atom stereocenters. The molecule has 2 N–H and O–H groups in total. The fourth-order valence-electron chi connectivity index (χ4n) is 3.42. The SMILES string of the molecule is CCOc1ccc(NC(=O)N2CCC[C@H]2C(=O)NC[C@@H]2CCCO2)cc1. The van der Waals surface area contributed by atoms with Gasteiger partial charge in [0.2, 0.25) is 5.91 Å². The number of amides is 3. The summed E-state index contributed by atoms with van der Waals surface area (Å²) in [6.07, 6.45) is 3.64. The van der Waals surface area contributed by atoms with Crippen LogP contribution in [-0.2, 0) is 9.53 Å². The Kier molecular flexibility index (Phi) is 6.33. The van der Waals surface area contributed by atoms with Crippen LogP contribution >= 0.6 is 0 Å². The number of anilines is 1. The van der Waals surface area contributed by atoms with Gasteiger partial charge in [0.15, 0.2) is 0 Å². The van der Waals surface area contributed by atoms with Gasteiger partial charge >= 0.3 is 6.03 Å². The average Bonchev–Trinajstić information content (AvgIpc) is 3.33. The maximum Gasteiger partial charge on any atom is 0.322 e. The van der Waals surface area contributed by atoms with Crippen LogP contribution in [-0.4, -0.2) is 55.3 Å². The van der Waals surface area contributed by atoms with Crippen LogP contribution in [0.5, 0.6) is 5.75 Å². The first-order valence-electron chi connectivity index (χ1n) is 9.37. The van der Waals surface area contributed by atoms with Crippen LogP contribution in [0.3, 0.4) is 0 Å². The number of carbonyl (C=O) groups excluding carboxylic acids is 2. The van der Waals surface area contributed by atoms with Gasteiger partial charge in [-0.2, -0.15) is 0 Å². The van der Waals surface area contributed by atoms with Gasteiger partial charge in [0.25, 0.3) is 0 Å². The number of rotatable bonds is 6. The molecular formula is C19H27N3O4. The van der Waals surface area contributed by atoms with Crippen LogP contribution in [0, 0.1) is 0 Å². The maximum atomic E-state index is 12.6. The Balaban J connectivity index is 1.52. The summed E-state index contributed by atoms with van der Waals surface area (Å²) in [5.41, 5.74) is 0.684. The van der Waals surface area contributed by atoms with E-state index in [2.05, 4.69) is 10.6 Å². The number of likely N-dealkylation sites (tertiary alicyclic amines) is 1. The van der Waals surface area contributed by atoms with Crippen molar-refractivity contribution >= 4 is 17.6 Å². The van der Waals surface area contributed by atoms with Crippen LogP contribution in [0.4, 0.5) is 10.5 Å². The molecule has 26 heavy (non-hydrogen) atoms. The van der Waals surface area contributed by atoms with Crippen molar-refractivity contribution in [1.29, 1.82) is 0 Å². The summed E-state index contributed by atoms with van der Waals surface area (Å²) in [4.78, 5) is 26.7. The van der Waals surface area contributed by atoms with Gasteiger partial charge in [0.1, 0.15) is 11.8 Å². The van der Waals surface area contributed by atoms with Gasteiger partial charge in [-0.1, -0.05) is 0 Å². The molecule has 3 rings (SSSR count). The molecule has 0 saturated carbocycles. The van der Waals surface area contributed by atoms with E-state index in [0.29, 0.717) is 31.8 Å². The zero-order chi connectivity index (χ0) is 18.4. The largest absolute Gasteiger partial charge is 0.494 e. The van der Waals surface area contributed by atoms with Crippen molar-refractivity contribution in [2.24, 2.45) is 0 Å². The zero-order valence-corrected chi connectivity index (χ0v) is 15.2. The molecule has 1 aromatic carbocycles. The molecule has 2 aliphatic rings. The smallest absolute Gasteiger partial charge is 0.322 e. The molecule has 0 spiro atoms. The molecule has 2 aliphatic heterocycles. The second-order valence-electron chi connectivity index (χ2n) is 6.62. The summed E-state index contributed by atoms with van der Waals surface area (Å²) in [6.45, 7) is 4.39. The molecule has 2 fully saturated rings. The topological polar surface area (TPSA) is 79.9 Å². The highest BCUT2D eigenvalue weighted by atomic mass is 16.5. The van der Waals surface area contributed by atoms with E-state index in [-0.39, 0.29) is 18.0 Å². The number of benzene rings is 1. The predicted molar refractivity (Wildman–Crippen MR) is 98.3 cm³/mol. The highest BCUT2D eigenvalue weighted by Gasteiger charge is 2.34. The summed E-state index contributed by atoms with van der Waals surface area (Å²) in [7, 11) is 0.